The van der Waals surface area contributed by atoms with Crippen molar-refractivity contribution in [2.24, 2.45) is 0 Å². The minimum absolute atomic E-state index is 0.00934. The van der Waals surface area contributed by atoms with E-state index in [1.165, 1.54) is 12.1 Å². The van der Waals surface area contributed by atoms with E-state index in [0.717, 1.165) is 0 Å². The Hall–Kier alpha value is -1.09. The van der Waals surface area contributed by atoms with Crippen molar-refractivity contribution in [1.82, 2.24) is 0 Å². The molecule has 0 radical (unpaired) electrons. The van der Waals surface area contributed by atoms with Crippen molar-refractivity contribution in [3.63, 3.8) is 0 Å². The number of halogens is 2. The molecule has 0 amide bonds. The molecule has 2 nitrogen and oxygen atoms in total. The summed E-state index contributed by atoms with van der Waals surface area (Å²) >= 11 is 5.17. The van der Waals surface area contributed by atoms with Crippen LogP contribution < -0.4 is 4.74 Å². The van der Waals surface area contributed by atoms with Crippen LogP contribution in [0.4, 0.5) is 4.39 Å². The summed E-state index contributed by atoms with van der Waals surface area (Å²) < 4.78 is 18.7. The summed E-state index contributed by atoms with van der Waals surface area (Å²) in [6.07, 6.45) is -0.111. The van der Waals surface area contributed by atoms with Crippen LogP contribution in [0.1, 0.15) is 19.4 Å². The van der Waals surface area contributed by atoms with E-state index in [1.54, 1.807) is 6.07 Å². The lowest BCUT2D eigenvalue weighted by molar-refractivity contribution is -0.111. The summed E-state index contributed by atoms with van der Waals surface area (Å²) in [5, 5.41) is -0.577. The third kappa shape index (κ3) is 3.88. The molecule has 4 heteroatoms. The van der Waals surface area contributed by atoms with E-state index in [2.05, 4.69) is 0 Å². The van der Waals surface area contributed by atoms with Crippen LogP contribution in [0, 0.1) is 5.82 Å². The highest BCUT2D eigenvalue weighted by atomic mass is 35.5. The number of ether oxygens (including phenoxy) is 1. The number of carbonyl (C=O) groups excluding carboxylic acids is 1. The molecule has 0 aliphatic heterocycles. The maximum atomic E-state index is 13.4. The van der Waals surface area contributed by atoms with E-state index in [9.17, 15) is 9.18 Å². The average Bonchev–Trinajstić information content (AvgIpc) is 2.08. The standard InChI is InChI=1S/C11H12ClFO2/c1-7(2)15-9-4-3-8(5-11(12)14)10(13)6-9/h3-4,6-7H,5H2,1-2H3. The molecule has 0 N–H and O–H groups in total. The van der Waals surface area contributed by atoms with Gasteiger partial charge in [-0.2, -0.15) is 0 Å². The Balaban J connectivity index is 2.83. The molecule has 0 heterocycles. The van der Waals surface area contributed by atoms with Crippen molar-refractivity contribution in [2.45, 2.75) is 26.4 Å². The van der Waals surface area contributed by atoms with Gasteiger partial charge in [-0.1, -0.05) is 6.07 Å². The van der Waals surface area contributed by atoms with Crippen LogP contribution in [-0.2, 0) is 11.2 Å². The topological polar surface area (TPSA) is 26.3 Å². The van der Waals surface area contributed by atoms with E-state index >= 15 is 0 Å². The Morgan fingerprint density at radius 3 is 2.67 bits per heavy atom. The van der Waals surface area contributed by atoms with Crippen molar-refractivity contribution in [3.05, 3.63) is 29.6 Å². The fourth-order valence-electron chi connectivity index (χ4n) is 1.17. The maximum absolute atomic E-state index is 13.4. The fraction of sp³-hybridized carbons (Fsp3) is 0.364. The third-order valence-electron chi connectivity index (χ3n) is 1.73. The van der Waals surface area contributed by atoms with Gasteiger partial charge in [-0.3, -0.25) is 4.79 Å². The summed E-state index contributed by atoms with van der Waals surface area (Å²) in [4.78, 5) is 10.6. The Morgan fingerprint density at radius 2 is 2.20 bits per heavy atom. The number of hydrogen-bond donors (Lipinski definition) is 0. The van der Waals surface area contributed by atoms with Crippen molar-refractivity contribution >= 4 is 16.8 Å². The van der Waals surface area contributed by atoms with E-state index in [1.807, 2.05) is 13.8 Å². The summed E-state index contributed by atoms with van der Waals surface area (Å²) in [5.74, 6) is -0.0181. The molecule has 1 aromatic rings. The highest BCUT2D eigenvalue weighted by molar-refractivity contribution is 6.63. The van der Waals surface area contributed by atoms with Gasteiger partial charge in [-0.05, 0) is 37.1 Å². The van der Waals surface area contributed by atoms with Gasteiger partial charge in [-0.25, -0.2) is 4.39 Å². The molecular formula is C11H12ClFO2. The van der Waals surface area contributed by atoms with Gasteiger partial charge in [0.05, 0.1) is 6.10 Å². The largest absolute Gasteiger partial charge is 0.491 e. The van der Waals surface area contributed by atoms with Gasteiger partial charge in [0.25, 0.3) is 0 Å². The van der Waals surface area contributed by atoms with Gasteiger partial charge in [-0.15, -0.1) is 0 Å². The van der Waals surface area contributed by atoms with Gasteiger partial charge >= 0.3 is 0 Å². The van der Waals surface area contributed by atoms with E-state index in [-0.39, 0.29) is 18.1 Å². The van der Waals surface area contributed by atoms with Crippen LogP contribution in [0.2, 0.25) is 0 Å². The molecule has 1 aromatic carbocycles. The zero-order chi connectivity index (χ0) is 11.4. The highest BCUT2D eigenvalue weighted by Gasteiger charge is 2.08. The first kappa shape index (κ1) is 12.0. The maximum Gasteiger partial charge on any atom is 0.226 e. The Morgan fingerprint density at radius 1 is 1.53 bits per heavy atom. The predicted octanol–water partition coefficient (Wildman–Crippen LogP) is 2.92. The van der Waals surface area contributed by atoms with Gasteiger partial charge in [0.2, 0.25) is 5.24 Å². The number of rotatable bonds is 4. The van der Waals surface area contributed by atoms with E-state index in [4.69, 9.17) is 16.3 Å². The Bertz CT molecular complexity index is 364. The van der Waals surface area contributed by atoms with Gasteiger partial charge in [0.15, 0.2) is 0 Å². The number of benzene rings is 1. The molecule has 1 rings (SSSR count). The molecule has 82 valence electrons. The third-order valence-corrected chi connectivity index (χ3v) is 1.86. The van der Waals surface area contributed by atoms with Crippen LogP contribution in [0.15, 0.2) is 18.2 Å². The monoisotopic (exact) mass is 230 g/mol. The van der Waals surface area contributed by atoms with E-state index in [0.29, 0.717) is 5.75 Å². The summed E-state index contributed by atoms with van der Waals surface area (Å²) in [6, 6.07) is 4.39. The molecule has 0 saturated carbocycles. The first-order valence-corrected chi connectivity index (χ1v) is 5.00. The Labute approximate surface area is 93.0 Å². The lowest BCUT2D eigenvalue weighted by Gasteiger charge is -2.10. The number of hydrogen-bond acceptors (Lipinski definition) is 2. The van der Waals surface area contributed by atoms with Crippen molar-refractivity contribution in [2.75, 3.05) is 0 Å². The van der Waals surface area contributed by atoms with Crippen LogP contribution in [-0.4, -0.2) is 11.3 Å². The summed E-state index contributed by atoms with van der Waals surface area (Å²) in [7, 11) is 0. The molecule has 0 aliphatic carbocycles. The second-order valence-electron chi connectivity index (χ2n) is 3.45. The van der Waals surface area contributed by atoms with Crippen molar-refractivity contribution in [3.8, 4) is 5.75 Å². The van der Waals surface area contributed by atoms with Crippen LogP contribution in [0.3, 0.4) is 0 Å². The first-order chi connectivity index (χ1) is 6.99. The Kier molecular flexibility index (Phi) is 4.09. The van der Waals surface area contributed by atoms with Crippen molar-refractivity contribution < 1.29 is 13.9 Å². The smallest absolute Gasteiger partial charge is 0.226 e. The minimum atomic E-state index is -0.577. The molecule has 0 aliphatic rings. The minimum Gasteiger partial charge on any atom is -0.491 e. The summed E-state index contributed by atoms with van der Waals surface area (Å²) in [6.45, 7) is 3.71. The van der Waals surface area contributed by atoms with Gasteiger partial charge < -0.3 is 4.74 Å². The van der Waals surface area contributed by atoms with Crippen LogP contribution in [0.25, 0.3) is 0 Å². The molecule has 0 unspecified atom stereocenters. The zero-order valence-corrected chi connectivity index (χ0v) is 9.34. The molecule has 15 heavy (non-hydrogen) atoms. The molecule has 0 spiro atoms. The number of carbonyl (C=O) groups is 1. The highest BCUT2D eigenvalue weighted by Crippen LogP contribution is 2.18. The van der Waals surface area contributed by atoms with Gasteiger partial charge in [0, 0.05) is 12.5 Å². The molecule has 0 aromatic heterocycles. The van der Waals surface area contributed by atoms with Crippen LogP contribution >= 0.6 is 11.6 Å². The SMILES string of the molecule is CC(C)Oc1ccc(CC(=O)Cl)c(F)c1. The molecule has 0 saturated heterocycles. The fourth-order valence-corrected chi connectivity index (χ4v) is 1.31. The normalized spacial score (nSPS) is 10.5. The molecule has 0 bridgehead atoms. The zero-order valence-electron chi connectivity index (χ0n) is 8.59. The first-order valence-electron chi connectivity index (χ1n) is 4.62. The molecule has 0 atom stereocenters. The lowest BCUT2D eigenvalue weighted by Crippen LogP contribution is -2.06. The lowest BCUT2D eigenvalue weighted by atomic mass is 10.1. The average molecular weight is 231 g/mol. The van der Waals surface area contributed by atoms with Crippen molar-refractivity contribution in [1.29, 1.82) is 0 Å². The van der Waals surface area contributed by atoms with E-state index < -0.39 is 11.1 Å². The van der Waals surface area contributed by atoms with Gasteiger partial charge in [0.1, 0.15) is 11.6 Å². The predicted molar refractivity (Wildman–Crippen MR) is 56.7 cm³/mol. The molecular weight excluding hydrogens is 219 g/mol. The van der Waals surface area contributed by atoms with Crippen LogP contribution in [0.5, 0.6) is 5.75 Å². The quantitative estimate of drug-likeness (QED) is 0.744. The second-order valence-corrected chi connectivity index (χ2v) is 3.87. The molecule has 0 fully saturated rings. The summed E-state index contributed by atoms with van der Waals surface area (Å²) in [5.41, 5.74) is 0.283. The second kappa shape index (κ2) is 5.12.